The molecule has 1 aliphatic heterocycles. The third kappa shape index (κ3) is 4.64. The fourth-order valence-electron chi connectivity index (χ4n) is 4.86. The molecule has 35 heavy (non-hydrogen) atoms. The Bertz CT molecular complexity index is 1220. The summed E-state index contributed by atoms with van der Waals surface area (Å²) in [6.07, 6.45) is 5.35. The molecule has 0 amide bonds. The Balaban J connectivity index is 1.53. The van der Waals surface area contributed by atoms with Crippen molar-refractivity contribution < 1.29 is 23.4 Å². The van der Waals surface area contributed by atoms with Gasteiger partial charge in [-0.1, -0.05) is 6.07 Å². The molecule has 0 radical (unpaired) electrons. The Kier molecular flexibility index (Phi) is 6.26. The molecule has 0 atom stereocenters. The van der Waals surface area contributed by atoms with E-state index in [0.29, 0.717) is 56.0 Å². The third-order valence-electron chi connectivity index (χ3n) is 7.13. The van der Waals surface area contributed by atoms with Crippen LogP contribution in [-0.2, 0) is 9.53 Å². The molecule has 0 unspecified atom stereocenters. The van der Waals surface area contributed by atoms with Gasteiger partial charge in [0.25, 0.3) is 0 Å². The number of anilines is 3. The number of fused-ring (bicyclic) bond motifs is 1. The number of hydrogen-bond acceptors (Lipinski definition) is 7. The van der Waals surface area contributed by atoms with Crippen molar-refractivity contribution in [2.45, 2.75) is 57.5 Å². The highest BCUT2D eigenvalue weighted by atomic mass is 19.1. The largest absolute Gasteiger partial charge is 0.481 e. The second-order valence-electron chi connectivity index (χ2n) is 9.56. The van der Waals surface area contributed by atoms with Gasteiger partial charge in [0.05, 0.1) is 11.6 Å². The zero-order chi connectivity index (χ0) is 24.6. The van der Waals surface area contributed by atoms with E-state index in [2.05, 4.69) is 20.6 Å². The normalized spacial score (nSPS) is 23.3. The summed E-state index contributed by atoms with van der Waals surface area (Å²) in [6.45, 7) is 3.10. The van der Waals surface area contributed by atoms with E-state index in [-0.39, 0.29) is 23.7 Å². The molecule has 0 spiro atoms. The Morgan fingerprint density at radius 2 is 1.83 bits per heavy atom. The van der Waals surface area contributed by atoms with Gasteiger partial charge in [-0.05, 0) is 57.6 Å². The summed E-state index contributed by atoms with van der Waals surface area (Å²) >= 11 is 0. The average molecular weight is 487 g/mol. The van der Waals surface area contributed by atoms with E-state index in [0.717, 1.165) is 12.8 Å². The first kappa shape index (κ1) is 23.4. The maximum atomic E-state index is 14.4. The van der Waals surface area contributed by atoms with Gasteiger partial charge in [-0.15, -0.1) is 0 Å². The molecule has 3 aromatic rings. The second-order valence-corrected chi connectivity index (χ2v) is 9.56. The van der Waals surface area contributed by atoms with Gasteiger partial charge in [0.2, 0.25) is 11.9 Å². The molecule has 1 aromatic carbocycles. The molecule has 0 bridgehead atoms. The second kappa shape index (κ2) is 9.37. The van der Waals surface area contributed by atoms with Crippen LogP contribution in [0.15, 0.2) is 24.4 Å². The quantitative estimate of drug-likeness (QED) is 0.462. The van der Waals surface area contributed by atoms with E-state index in [1.54, 1.807) is 13.1 Å². The van der Waals surface area contributed by atoms with E-state index in [9.17, 15) is 18.7 Å². The van der Waals surface area contributed by atoms with Crippen LogP contribution in [0, 0.1) is 17.0 Å². The van der Waals surface area contributed by atoms with Crippen molar-refractivity contribution in [1.29, 1.82) is 0 Å². The first-order chi connectivity index (χ1) is 16.8. The number of aromatic nitrogens is 4. The lowest BCUT2D eigenvalue weighted by Crippen LogP contribution is -2.33. The fourth-order valence-corrected chi connectivity index (χ4v) is 4.86. The van der Waals surface area contributed by atoms with Gasteiger partial charge in [0.15, 0.2) is 5.65 Å². The zero-order valence-corrected chi connectivity index (χ0v) is 19.4. The topological polar surface area (TPSA) is 114 Å². The van der Waals surface area contributed by atoms with Gasteiger partial charge in [0, 0.05) is 25.3 Å². The molecule has 3 heterocycles. The van der Waals surface area contributed by atoms with E-state index in [4.69, 9.17) is 9.72 Å². The average Bonchev–Trinajstić information content (AvgIpc) is 3.20. The van der Waals surface area contributed by atoms with Crippen molar-refractivity contribution in [2.24, 2.45) is 5.41 Å². The highest BCUT2D eigenvalue weighted by molar-refractivity contribution is 5.77. The number of benzene rings is 1. The molecule has 1 saturated carbocycles. The predicted octanol–water partition coefficient (Wildman–Crippen LogP) is 4.65. The molecule has 2 fully saturated rings. The van der Waals surface area contributed by atoms with Crippen LogP contribution in [0.4, 0.5) is 26.4 Å². The van der Waals surface area contributed by atoms with Crippen molar-refractivity contribution in [3.8, 4) is 0 Å². The van der Waals surface area contributed by atoms with Gasteiger partial charge in [0.1, 0.15) is 22.8 Å². The molecule has 11 heteroatoms. The number of para-hydroxylation sites is 1. The SMILES string of the molecule is CC1(C(=O)O)CCC(n2c(Nc3c(F)cccc3F)nc3cnc(NC4CCOCC4)nc32)CC1. The molecular formula is C24H28F2N6O3. The monoisotopic (exact) mass is 486 g/mol. The number of carboxylic acid groups (broad SMARTS) is 1. The Labute approximate surface area is 200 Å². The van der Waals surface area contributed by atoms with Crippen LogP contribution in [0.5, 0.6) is 0 Å². The van der Waals surface area contributed by atoms with Crippen molar-refractivity contribution in [3.63, 3.8) is 0 Å². The van der Waals surface area contributed by atoms with Gasteiger partial charge >= 0.3 is 5.97 Å². The van der Waals surface area contributed by atoms with Gasteiger partial charge in [-0.25, -0.2) is 18.7 Å². The number of rotatable bonds is 6. The highest BCUT2D eigenvalue weighted by Crippen LogP contribution is 2.43. The minimum atomic E-state index is -0.816. The smallest absolute Gasteiger partial charge is 0.309 e. The lowest BCUT2D eigenvalue weighted by atomic mass is 9.74. The van der Waals surface area contributed by atoms with Crippen LogP contribution in [0.25, 0.3) is 11.2 Å². The van der Waals surface area contributed by atoms with Crippen LogP contribution in [0.3, 0.4) is 0 Å². The summed E-state index contributed by atoms with van der Waals surface area (Å²) in [5.41, 5.74) is -0.0992. The van der Waals surface area contributed by atoms with E-state index in [1.165, 1.54) is 18.2 Å². The van der Waals surface area contributed by atoms with Gasteiger partial charge in [-0.2, -0.15) is 4.98 Å². The zero-order valence-electron chi connectivity index (χ0n) is 19.4. The highest BCUT2D eigenvalue weighted by Gasteiger charge is 2.39. The summed E-state index contributed by atoms with van der Waals surface area (Å²) in [5, 5.41) is 15.8. The molecule has 2 aromatic heterocycles. The Morgan fingerprint density at radius 3 is 2.49 bits per heavy atom. The minimum absolute atomic E-state index is 0.143. The number of hydrogen-bond donors (Lipinski definition) is 3. The van der Waals surface area contributed by atoms with Crippen LogP contribution in [-0.4, -0.2) is 49.9 Å². The van der Waals surface area contributed by atoms with Crippen molar-refractivity contribution in [3.05, 3.63) is 36.0 Å². The lowest BCUT2D eigenvalue weighted by molar-refractivity contribution is -0.150. The standard InChI is InChI=1S/C24H28F2N6O3/c1-24(21(33)34)9-5-15(6-10-24)32-20-18(13-27-22(31-20)28-14-7-11-35-12-8-14)29-23(32)30-19-16(25)3-2-4-17(19)26/h2-4,13-15H,5-12H2,1H3,(H,29,30)(H,33,34)(H,27,28,31). The van der Waals surface area contributed by atoms with E-state index in [1.807, 2.05) is 4.57 Å². The number of imidazole rings is 1. The summed E-state index contributed by atoms with van der Waals surface area (Å²) in [5.74, 6) is -1.60. The third-order valence-corrected chi connectivity index (χ3v) is 7.13. The van der Waals surface area contributed by atoms with Crippen LogP contribution < -0.4 is 10.6 Å². The van der Waals surface area contributed by atoms with Crippen LogP contribution in [0.1, 0.15) is 51.5 Å². The van der Waals surface area contributed by atoms with Gasteiger partial charge in [-0.3, -0.25) is 9.36 Å². The molecular weight excluding hydrogens is 458 g/mol. The summed E-state index contributed by atoms with van der Waals surface area (Å²) < 4.78 is 36.1. The molecule has 186 valence electrons. The first-order valence-corrected chi connectivity index (χ1v) is 11.9. The number of nitrogens with zero attached hydrogens (tertiary/aromatic N) is 4. The first-order valence-electron chi connectivity index (χ1n) is 11.9. The number of aliphatic carboxylic acids is 1. The summed E-state index contributed by atoms with van der Waals surface area (Å²) in [6, 6.07) is 3.69. The molecule has 3 N–H and O–H groups in total. The summed E-state index contributed by atoms with van der Waals surface area (Å²) in [4.78, 5) is 25.4. The molecule has 2 aliphatic rings. The number of nitrogens with one attached hydrogen (secondary N) is 2. The Morgan fingerprint density at radius 1 is 1.14 bits per heavy atom. The molecule has 1 aliphatic carbocycles. The van der Waals surface area contributed by atoms with Crippen LogP contribution >= 0.6 is 0 Å². The number of carbonyl (C=O) groups is 1. The molecule has 5 rings (SSSR count). The van der Waals surface area contributed by atoms with Gasteiger partial charge < -0.3 is 20.5 Å². The van der Waals surface area contributed by atoms with E-state index < -0.39 is 23.0 Å². The van der Waals surface area contributed by atoms with Crippen molar-refractivity contribution >= 4 is 34.7 Å². The maximum Gasteiger partial charge on any atom is 0.309 e. The number of ether oxygens (including phenoxy) is 1. The predicted molar refractivity (Wildman–Crippen MR) is 126 cm³/mol. The fraction of sp³-hybridized carbons (Fsp3) is 0.500. The number of carboxylic acids is 1. The number of halogens is 2. The minimum Gasteiger partial charge on any atom is -0.481 e. The van der Waals surface area contributed by atoms with E-state index >= 15 is 0 Å². The van der Waals surface area contributed by atoms with Crippen molar-refractivity contribution in [1.82, 2.24) is 19.5 Å². The molecule has 1 saturated heterocycles. The Hall–Kier alpha value is -3.34. The lowest BCUT2D eigenvalue weighted by Gasteiger charge is -2.35. The van der Waals surface area contributed by atoms with Crippen molar-refractivity contribution in [2.75, 3.05) is 23.8 Å². The molecule has 9 nitrogen and oxygen atoms in total. The maximum absolute atomic E-state index is 14.4. The summed E-state index contributed by atoms with van der Waals surface area (Å²) in [7, 11) is 0. The van der Waals surface area contributed by atoms with Crippen LogP contribution in [0.2, 0.25) is 0 Å².